The average Bonchev–Trinajstić information content (AvgIpc) is 2.68. The van der Waals surface area contributed by atoms with Crippen LogP contribution in [0.3, 0.4) is 0 Å². The van der Waals surface area contributed by atoms with E-state index < -0.39 is 0 Å². The Morgan fingerprint density at radius 2 is 1.59 bits per heavy atom. The Kier molecular flexibility index (Phi) is 5.94. The zero-order chi connectivity index (χ0) is 19.1. The molecule has 0 fully saturated rings. The molecule has 3 aromatic carbocycles. The smallest absolute Gasteiger partial charge is 0.228 e. The Hall–Kier alpha value is -3.47. The normalized spacial score (nSPS) is 10.7. The van der Waals surface area contributed by atoms with Gasteiger partial charge in [0.2, 0.25) is 5.91 Å². The zero-order valence-corrected chi connectivity index (χ0v) is 15.3. The molecule has 0 unspecified atom stereocenters. The summed E-state index contributed by atoms with van der Waals surface area (Å²) in [6, 6.07) is 22.6. The Bertz CT molecular complexity index is 936. The van der Waals surface area contributed by atoms with Gasteiger partial charge in [0.25, 0.3) is 0 Å². The molecule has 1 N–H and O–H groups in total. The molecule has 0 spiro atoms. The van der Waals surface area contributed by atoms with Gasteiger partial charge in [-0.1, -0.05) is 30.3 Å². The van der Waals surface area contributed by atoms with Crippen LogP contribution in [0.25, 0.3) is 0 Å². The summed E-state index contributed by atoms with van der Waals surface area (Å²) in [5, 5.41) is 11.3. The van der Waals surface area contributed by atoms with Gasteiger partial charge in [0.05, 0.1) is 24.9 Å². The molecule has 0 radical (unpaired) electrons. The topological polar surface area (TPSA) is 63.0 Å². The molecular weight excluding hydrogens is 338 g/mol. The molecule has 0 atom stereocenters. The predicted molar refractivity (Wildman–Crippen MR) is 107 cm³/mol. The van der Waals surface area contributed by atoms with Crippen molar-refractivity contribution in [2.24, 2.45) is 10.2 Å². The minimum atomic E-state index is -0.0711. The number of carbonyl (C=O) groups excluding carboxylic acids is 1. The van der Waals surface area contributed by atoms with Crippen LogP contribution < -0.4 is 10.1 Å². The largest absolute Gasteiger partial charge is 0.496 e. The summed E-state index contributed by atoms with van der Waals surface area (Å²) >= 11 is 0. The number of anilines is 1. The summed E-state index contributed by atoms with van der Waals surface area (Å²) in [4.78, 5) is 12.3. The molecular formula is C22H21N3O2. The highest BCUT2D eigenvalue weighted by atomic mass is 16.5. The minimum Gasteiger partial charge on any atom is -0.496 e. The number of rotatable bonds is 6. The van der Waals surface area contributed by atoms with E-state index in [9.17, 15) is 4.79 Å². The van der Waals surface area contributed by atoms with Crippen LogP contribution in [0, 0.1) is 6.92 Å². The van der Waals surface area contributed by atoms with E-state index in [4.69, 9.17) is 4.74 Å². The van der Waals surface area contributed by atoms with E-state index in [0.717, 1.165) is 33.9 Å². The number of aryl methyl sites for hydroxylation is 1. The second-order valence-corrected chi connectivity index (χ2v) is 6.11. The van der Waals surface area contributed by atoms with Gasteiger partial charge in [0.1, 0.15) is 5.75 Å². The molecule has 0 saturated heterocycles. The van der Waals surface area contributed by atoms with Crippen molar-refractivity contribution in [2.75, 3.05) is 12.4 Å². The average molecular weight is 359 g/mol. The van der Waals surface area contributed by atoms with E-state index in [1.54, 1.807) is 7.11 Å². The van der Waals surface area contributed by atoms with Crippen molar-refractivity contribution < 1.29 is 9.53 Å². The zero-order valence-electron chi connectivity index (χ0n) is 15.3. The van der Waals surface area contributed by atoms with Crippen molar-refractivity contribution in [3.63, 3.8) is 0 Å². The molecule has 0 aromatic heterocycles. The molecule has 3 aromatic rings. The SMILES string of the molecule is COc1ccc(CC(=O)Nc2ccc(N=Nc3ccccc3)cc2)cc1C. The third-order valence-electron chi connectivity index (χ3n) is 4.01. The number of hydrogen-bond donors (Lipinski definition) is 1. The summed E-state index contributed by atoms with van der Waals surface area (Å²) in [6.45, 7) is 1.96. The molecule has 27 heavy (non-hydrogen) atoms. The maximum absolute atomic E-state index is 12.3. The van der Waals surface area contributed by atoms with Crippen LogP contribution in [-0.4, -0.2) is 13.0 Å². The van der Waals surface area contributed by atoms with Gasteiger partial charge in [-0.05, 0) is 60.5 Å². The summed E-state index contributed by atoms with van der Waals surface area (Å²) in [6.07, 6.45) is 0.306. The minimum absolute atomic E-state index is 0.0711. The number of hydrogen-bond acceptors (Lipinski definition) is 4. The monoisotopic (exact) mass is 359 g/mol. The van der Waals surface area contributed by atoms with Crippen LogP contribution in [0.4, 0.5) is 17.1 Å². The Labute approximate surface area is 158 Å². The van der Waals surface area contributed by atoms with Gasteiger partial charge < -0.3 is 10.1 Å². The lowest BCUT2D eigenvalue weighted by Crippen LogP contribution is -2.14. The molecule has 0 aliphatic rings. The van der Waals surface area contributed by atoms with Crippen LogP contribution in [-0.2, 0) is 11.2 Å². The fraction of sp³-hybridized carbons (Fsp3) is 0.136. The number of benzene rings is 3. The van der Waals surface area contributed by atoms with Crippen molar-refractivity contribution in [2.45, 2.75) is 13.3 Å². The van der Waals surface area contributed by atoms with Gasteiger partial charge in [0.15, 0.2) is 0 Å². The van der Waals surface area contributed by atoms with E-state index in [-0.39, 0.29) is 5.91 Å². The van der Waals surface area contributed by atoms with Gasteiger partial charge in [-0.2, -0.15) is 10.2 Å². The third kappa shape index (κ3) is 5.25. The molecule has 136 valence electrons. The van der Waals surface area contributed by atoms with E-state index in [2.05, 4.69) is 15.5 Å². The first-order valence-corrected chi connectivity index (χ1v) is 8.64. The van der Waals surface area contributed by atoms with Gasteiger partial charge in [-0.3, -0.25) is 4.79 Å². The number of nitrogens with zero attached hydrogens (tertiary/aromatic N) is 2. The van der Waals surface area contributed by atoms with Crippen molar-refractivity contribution in [1.82, 2.24) is 0 Å². The Morgan fingerprint density at radius 3 is 2.22 bits per heavy atom. The lowest BCUT2D eigenvalue weighted by molar-refractivity contribution is -0.115. The van der Waals surface area contributed by atoms with Crippen molar-refractivity contribution >= 4 is 23.0 Å². The highest BCUT2D eigenvalue weighted by Crippen LogP contribution is 2.21. The molecule has 0 heterocycles. The Morgan fingerprint density at radius 1 is 0.926 bits per heavy atom. The van der Waals surface area contributed by atoms with Crippen LogP contribution in [0.2, 0.25) is 0 Å². The number of carbonyl (C=O) groups is 1. The van der Waals surface area contributed by atoms with Crippen molar-refractivity contribution in [3.8, 4) is 5.75 Å². The second-order valence-electron chi connectivity index (χ2n) is 6.11. The lowest BCUT2D eigenvalue weighted by Gasteiger charge is -2.08. The van der Waals surface area contributed by atoms with Crippen LogP contribution in [0.1, 0.15) is 11.1 Å². The molecule has 0 saturated carbocycles. The van der Waals surface area contributed by atoms with Gasteiger partial charge in [0, 0.05) is 5.69 Å². The number of azo groups is 1. The van der Waals surface area contributed by atoms with Crippen LogP contribution >= 0.6 is 0 Å². The first-order valence-electron chi connectivity index (χ1n) is 8.64. The summed E-state index contributed by atoms with van der Waals surface area (Å²) < 4.78 is 5.24. The van der Waals surface area contributed by atoms with Crippen LogP contribution in [0.5, 0.6) is 5.75 Å². The van der Waals surface area contributed by atoms with E-state index in [1.807, 2.05) is 79.7 Å². The summed E-state index contributed by atoms with van der Waals surface area (Å²) in [5.74, 6) is 0.748. The standard InChI is InChI=1S/C22H21N3O2/c1-16-14-17(8-13-21(16)27-2)15-22(26)23-18-9-11-20(12-10-18)25-24-19-6-4-3-5-7-19/h3-14H,15H2,1-2H3,(H,23,26). The first-order chi connectivity index (χ1) is 13.1. The molecule has 5 heteroatoms. The number of methoxy groups -OCH3 is 1. The number of amides is 1. The molecule has 1 amide bonds. The summed E-state index contributed by atoms with van der Waals surface area (Å²) in [5.41, 5.74) is 4.20. The van der Waals surface area contributed by atoms with Crippen molar-refractivity contribution in [1.29, 1.82) is 0 Å². The first kappa shape index (κ1) is 18.3. The highest BCUT2D eigenvalue weighted by molar-refractivity contribution is 5.92. The molecule has 0 bridgehead atoms. The Balaban J connectivity index is 1.58. The van der Waals surface area contributed by atoms with Crippen LogP contribution in [0.15, 0.2) is 83.0 Å². The third-order valence-corrected chi connectivity index (χ3v) is 4.01. The highest BCUT2D eigenvalue weighted by Gasteiger charge is 2.06. The fourth-order valence-electron chi connectivity index (χ4n) is 2.66. The molecule has 0 aliphatic heterocycles. The van der Waals surface area contributed by atoms with E-state index in [0.29, 0.717) is 6.42 Å². The van der Waals surface area contributed by atoms with E-state index >= 15 is 0 Å². The van der Waals surface area contributed by atoms with E-state index in [1.165, 1.54) is 0 Å². The quantitative estimate of drug-likeness (QED) is 0.582. The predicted octanol–water partition coefficient (Wildman–Crippen LogP) is 5.60. The van der Waals surface area contributed by atoms with Gasteiger partial charge in [-0.25, -0.2) is 0 Å². The second kappa shape index (κ2) is 8.76. The number of ether oxygens (including phenoxy) is 1. The maximum Gasteiger partial charge on any atom is 0.228 e. The number of nitrogens with one attached hydrogen (secondary N) is 1. The van der Waals surface area contributed by atoms with Crippen molar-refractivity contribution in [3.05, 3.63) is 83.9 Å². The fourth-order valence-corrected chi connectivity index (χ4v) is 2.66. The lowest BCUT2D eigenvalue weighted by atomic mass is 10.1. The molecule has 3 rings (SSSR count). The molecule has 0 aliphatic carbocycles. The van der Waals surface area contributed by atoms with Gasteiger partial charge in [-0.15, -0.1) is 0 Å². The molecule has 5 nitrogen and oxygen atoms in total. The maximum atomic E-state index is 12.3. The van der Waals surface area contributed by atoms with Gasteiger partial charge >= 0.3 is 0 Å². The summed E-state index contributed by atoms with van der Waals surface area (Å²) in [7, 11) is 1.64.